The van der Waals surface area contributed by atoms with E-state index in [1.54, 1.807) is 0 Å². The topological polar surface area (TPSA) is 275 Å². The first-order valence-corrected chi connectivity index (χ1v) is 16.2. The zero-order valence-corrected chi connectivity index (χ0v) is 27.7. The quantitative estimate of drug-likeness (QED) is 0.0481. The Morgan fingerprint density at radius 3 is 2.15 bits per heavy atom. The number of phenolic OH excluding ortho intramolecular Hbond substituents is 3. The number of aromatic hydroxyl groups is 3. The summed E-state index contributed by atoms with van der Waals surface area (Å²) in [5, 5.41) is 91.4. The summed E-state index contributed by atoms with van der Waals surface area (Å²) in [6.45, 7) is 0.922. The second-order valence-electron chi connectivity index (χ2n) is 12.5. The number of benzene rings is 3. The molecule has 4 aromatic rings. The summed E-state index contributed by atoms with van der Waals surface area (Å²) in [5.74, 6) is -1.88. The number of phenols is 3. The number of aliphatic hydroxyl groups excluding tert-OH is 6. The largest absolute Gasteiger partial charge is 0.507 e. The second kappa shape index (κ2) is 15.5. The van der Waals surface area contributed by atoms with Crippen LogP contribution in [0.15, 0.2) is 76.0 Å². The Balaban J connectivity index is 1.15. The molecule has 0 bridgehead atoms. The van der Waals surface area contributed by atoms with Crippen LogP contribution in [0.2, 0.25) is 0 Å². The van der Waals surface area contributed by atoms with Crippen LogP contribution < -0.4 is 14.9 Å². The van der Waals surface area contributed by atoms with Crippen molar-refractivity contribution >= 4 is 23.0 Å². The third-order valence-electron chi connectivity index (χ3n) is 8.71. The first-order valence-electron chi connectivity index (χ1n) is 16.2. The van der Waals surface area contributed by atoms with Gasteiger partial charge in [0.25, 0.3) is 0 Å². The highest BCUT2D eigenvalue weighted by Crippen LogP contribution is 2.34. The van der Waals surface area contributed by atoms with Crippen LogP contribution >= 0.6 is 0 Å². The van der Waals surface area contributed by atoms with Crippen molar-refractivity contribution in [1.29, 1.82) is 0 Å². The fraction of sp³-hybridized carbons (Fsp3) is 0.333. The predicted molar refractivity (Wildman–Crippen MR) is 180 cm³/mol. The maximum absolute atomic E-state index is 13.0. The van der Waals surface area contributed by atoms with Crippen LogP contribution in [-0.2, 0) is 19.0 Å². The molecule has 2 saturated heterocycles. The van der Waals surface area contributed by atoms with E-state index in [4.69, 9.17) is 28.1 Å². The smallest absolute Gasteiger partial charge is 0.336 e. The Morgan fingerprint density at radius 1 is 0.736 bits per heavy atom. The third kappa shape index (κ3) is 8.13. The molecule has 53 heavy (non-hydrogen) atoms. The summed E-state index contributed by atoms with van der Waals surface area (Å²) in [4.78, 5) is 25.3. The van der Waals surface area contributed by atoms with E-state index >= 15 is 0 Å². The Bertz CT molecular complexity index is 2030. The molecule has 0 spiro atoms. The number of ether oxygens (including phenoxy) is 5. The first kappa shape index (κ1) is 37.7. The van der Waals surface area contributed by atoms with Crippen molar-refractivity contribution in [3.8, 4) is 40.1 Å². The average Bonchev–Trinajstić information content (AvgIpc) is 3.12. The number of carbonyl (C=O) groups is 1. The molecule has 10 unspecified atom stereocenters. The van der Waals surface area contributed by atoms with E-state index in [0.717, 1.165) is 18.2 Å². The lowest BCUT2D eigenvalue weighted by molar-refractivity contribution is -0.318. The lowest BCUT2D eigenvalue weighted by atomic mass is 9.98. The van der Waals surface area contributed by atoms with Crippen LogP contribution in [0.3, 0.4) is 0 Å². The molecule has 0 aliphatic carbocycles. The molecule has 2 fully saturated rings. The number of aliphatic hydroxyl groups is 6. The minimum atomic E-state index is -1.81. The van der Waals surface area contributed by atoms with Crippen LogP contribution in [0.25, 0.3) is 28.4 Å². The van der Waals surface area contributed by atoms with E-state index in [2.05, 4.69) is 0 Å². The van der Waals surface area contributed by atoms with Crippen LogP contribution in [-0.4, -0.2) is 120 Å². The minimum Gasteiger partial charge on any atom is -0.507 e. The van der Waals surface area contributed by atoms with Crippen molar-refractivity contribution in [2.75, 3.05) is 6.61 Å². The minimum absolute atomic E-state index is 0.0627. The molecule has 17 heteroatoms. The summed E-state index contributed by atoms with van der Waals surface area (Å²) < 4.78 is 33.4. The van der Waals surface area contributed by atoms with E-state index in [9.17, 15) is 55.5 Å². The number of esters is 1. The van der Waals surface area contributed by atoms with Gasteiger partial charge in [-0.15, -0.1) is 0 Å². The molecular formula is C36H36O17. The monoisotopic (exact) mass is 740 g/mol. The lowest BCUT2D eigenvalue weighted by Gasteiger charge is -2.42. The Labute approximate surface area is 299 Å². The summed E-state index contributed by atoms with van der Waals surface area (Å²) >= 11 is 0. The first-order chi connectivity index (χ1) is 25.2. The van der Waals surface area contributed by atoms with Crippen LogP contribution in [0.4, 0.5) is 0 Å². The molecule has 0 amide bonds. The third-order valence-corrected chi connectivity index (χ3v) is 8.71. The number of hydrogen-bond donors (Lipinski definition) is 9. The van der Waals surface area contributed by atoms with Gasteiger partial charge in [-0.3, -0.25) is 4.79 Å². The summed E-state index contributed by atoms with van der Waals surface area (Å²) in [6, 6.07) is 13.4. The average molecular weight is 741 g/mol. The number of rotatable bonds is 9. The zero-order valence-electron chi connectivity index (χ0n) is 27.7. The fourth-order valence-electron chi connectivity index (χ4n) is 5.73. The van der Waals surface area contributed by atoms with Crippen LogP contribution in [0.5, 0.6) is 28.7 Å². The molecule has 0 saturated carbocycles. The Kier molecular flexibility index (Phi) is 11.0. The highest BCUT2D eigenvalue weighted by atomic mass is 16.7. The van der Waals surface area contributed by atoms with Gasteiger partial charge in [-0.2, -0.15) is 0 Å². The highest BCUT2D eigenvalue weighted by Gasteiger charge is 2.47. The molecule has 9 N–H and O–H groups in total. The number of hydrogen-bond acceptors (Lipinski definition) is 17. The van der Waals surface area contributed by atoms with Crippen molar-refractivity contribution < 1.29 is 78.9 Å². The van der Waals surface area contributed by atoms with Crippen LogP contribution in [0, 0.1) is 0 Å². The maximum Gasteiger partial charge on any atom is 0.336 e. The van der Waals surface area contributed by atoms with Crippen molar-refractivity contribution in [2.45, 2.75) is 68.3 Å². The maximum atomic E-state index is 13.0. The van der Waals surface area contributed by atoms with Crippen molar-refractivity contribution in [2.24, 2.45) is 0 Å². The zero-order chi connectivity index (χ0) is 38.1. The Hall–Kier alpha value is -5.08. The van der Waals surface area contributed by atoms with Crippen LogP contribution in [0.1, 0.15) is 12.5 Å². The molecule has 10 atom stereocenters. The van der Waals surface area contributed by atoms with Crippen molar-refractivity contribution in [3.63, 3.8) is 0 Å². The standard InChI is InChI=1S/C36H36O17/c1-15-29(42)31(44)33(46)35(49-15)48-14-26-30(43)32(45)34(47)36(53-26)51-19-11-22(39)28-23(40)13-24(52-25(28)12-19)17-4-6-18(7-5-17)50-27(41)9-3-16-2-8-20(37)21(38)10-16/h2-13,15,26,29-39,42-47H,14H2,1H3. The molecule has 2 aliphatic rings. The van der Waals surface area contributed by atoms with Gasteiger partial charge in [-0.25, -0.2) is 4.79 Å². The van der Waals surface area contributed by atoms with Crippen molar-refractivity contribution in [1.82, 2.24) is 0 Å². The van der Waals surface area contributed by atoms with Gasteiger partial charge in [0.1, 0.15) is 76.7 Å². The second-order valence-corrected chi connectivity index (χ2v) is 12.5. The summed E-state index contributed by atoms with van der Waals surface area (Å²) in [6.07, 6.45) is -12.8. The summed E-state index contributed by atoms with van der Waals surface area (Å²) in [7, 11) is 0. The van der Waals surface area contributed by atoms with E-state index in [1.165, 1.54) is 61.5 Å². The van der Waals surface area contributed by atoms with Gasteiger partial charge in [0, 0.05) is 29.8 Å². The molecule has 1 aromatic heterocycles. The molecule has 6 rings (SSSR count). The van der Waals surface area contributed by atoms with E-state index in [-0.39, 0.29) is 39.7 Å². The fourth-order valence-corrected chi connectivity index (χ4v) is 5.73. The highest BCUT2D eigenvalue weighted by molar-refractivity contribution is 5.89. The van der Waals surface area contributed by atoms with Gasteiger partial charge in [0.2, 0.25) is 6.29 Å². The molecular weight excluding hydrogens is 704 g/mol. The molecule has 17 nitrogen and oxygen atoms in total. The Morgan fingerprint density at radius 2 is 1.43 bits per heavy atom. The van der Waals surface area contributed by atoms with Gasteiger partial charge >= 0.3 is 5.97 Å². The number of carbonyl (C=O) groups excluding carboxylic acids is 1. The van der Waals surface area contributed by atoms with E-state index in [0.29, 0.717) is 11.1 Å². The van der Waals surface area contributed by atoms with E-state index < -0.39 is 85.2 Å². The summed E-state index contributed by atoms with van der Waals surface area (Å²) in [5.41, 5.74) is 0.0829. The van der Waals surface area contributed by atoms with Gasteiger partial charge in [-0.05, 0) is 55.0 Å². The SMILES string of the molecule is CC1OC(OCC2OC(Oc3cc(O)c4c(=O)cc(-c5ccc(OC(=O)C=Cc6ccc(O)c(O)c6)cc5)oc4c3)C(O)C(O)C2O)C(O)C(O)C1O. The predicted octanol–water partition coefficient (Wildman–Crippen LogP) is 0.226. The lowest BCUT2D eigenvalue weighted by Crippen LogP contribution is -2.61. The molecule has 0 radical (unpaired) electrons. The van der Waals surface area contributed by atoms with Crippen molar-refractivity contribution in [3.05, 3.63) is 82.5 Å². The van der Waals surface area contributed by atoms with Gasteiger partial charge in [0.15, 0.2) is 23.2 Å². The molecule has 3 heterocycles. The van der Waals surface area contributed by atoms with Gasteiger partial charge < -0.3 is 74.1 Å². The van der Waals surface area contributed by atoms with E-state index in [1.807, 2.05) is 0 Å². The van der Waals surface area contributed by atoms with Gasteiger partial charge in [-0.1, -0.05) is 6.07 Å². The molecule has 2 aliphatic heterocycles. The number of fused-ring (bicyclic) bond motifs is 1. The van der Waals surface area contributed by atoms with Gasteiger partial charge in [0.05, 0.1) is 12.7 Å². The normalized spacial score (nSPS) is 29.0. The molecule has 3 aromatic carbocycles. The molecule has 282 valence electrons.